The summed E-state index contributed by atoms with van der Waals surface area (Å²) in [7, 11) is 2.19. The summed E-state index contributed by atoms with van der Waals surface area (Å²) in [5.74, 6) is -4.61. The summed E-state index contributed by atoms with van der Waals surface area (Å²) in [5, 5.41) is 18.6. The molecule has 9 nitrogen and oxygen atoms in total. The number of halogens is 6. The summed E-state index contributed by atoms with van der Waals surface area (Å²) in [4.78, 5) is 27.3. The highest BCUT2D eigenvalue weighted by Crippen LogP contribution is 2.29. The van der Waals surface area contributed by atoms with Crippen LogP contribution >= 0.6 is 11.3 Å². The molecule has 1 aliphatic rings. The standard InChI is InChI=1S/C21H26N4OS.2C2HF3O2/c1-3-26-18-8-9-19-20(14-18)27-21(23-19)22-15-16-4-6-17(7-5-16)25-12-10-24(2)11-13-25;2*3-2(4,5)1(6)7/h4-9,14H,3,10-13,15H2,1-2H3,(H,22,23);2*(H,6,7). The van der Waals surface area contributed by atoms with Crippen LogP contribution in [0.1, 0.15) is 12.5 Å². The molecule has 3 N–H and O–H groups in total. The second-order valence-corrected chi connectivity index (χ2v) is 9.53. The minimum Gasteiger partial charge on any atom is -0.494 e. The van der Waals surface area contributed by atoms with E-state index in [-0.39, 0.29) is 0 Å². The van der Waals surface area contributed by atoms with Gasteiger partial charge >= 0.3 is 24.3 Å². The zero-order valence-corrected chi connectivity index (χ0v) is 22.7. The van der Waals surface area contributed by atoms with Crippen molar-refractivity contribution in [3.63, 3.8) is 0 Å². The molecular formula is C25H28F6N4O5S. The number of piperazine rings is 1. The highest BCUT2D eigenvalue weighted by atomic mass is 32.1. The number of alkyl halides is 6. The van der Waals surface area contributed by atoms with Gasteiger partial charge in [0.05, 0.1) is 16.8 Å². The molecule has 0 spiro atoms. The second kappa shape index (κ2) is 14.7. The van der Waals surface area contributed by atoms with E-state index in [2.05, 4.69) is 57.5 Å². The number of carboxylic acid groups (broad SMARTS) is 2. The van der Waals surface area contributed by atoms with Gasteiger partial charge in [-0.2, -0.15) is 26.3 Å². The highest BCUT2D eigenvalue weighted by Gasteiger charge is 2.38. The van der Waals surface area contributed by atoms with Gasteiger partial charge in [0.25, 0.3) is 0 Å². The Morgan fingerprint density at radius 1 is 0.951 bits per heavy atom. The molecule has 0 atom stereocenters. The third-order valence-corrected chi connectivity index (χ3v) is 6.38. The molecule has 0 saturated carbocycles. The van der Waals surface area contributed by atoms with Gasteiger partial charge < -0.3 is 30.1 Å². The molecule has 16 heteroatoms. The maximum atomic E-state index is 10.6. The summed E-state index contributed by atoms with van der Waals surface area (Å²) in [6.07, 6.45) is -10.2. The van der Waals surface area contributed by atoms with Gasteiger partial charge in [-0.05, 0) is 49.9 Å². The lowest BCUT2D eigenvalue weighted by Gasteiger charge is -2.34. The SMILES string of the molecule is CCOc1ccc2nc(NCc3ccc(N4CCN(C)CC4)cc3)sc2c1.O=C(O)C(F)(F)F.O=C(O)C(F)(F)F. The Bertz CT molecular complexity index is 1250. The van der Waals surface area contributed by atoms with Crippen molar-refractivity contribution < 1.29 is 50.9 Å². The van der Waals surface area contributed by atoms with Crippen molar-refractivity contribution in [3.8, 4) is 5.75 Å². The molecule has 0 bridgehead atoms. The lowest BCUT2D eigenvalue weighted by molar-refractivity contribution is -0.193. The van der Waals surface area contributed by atoms with Crippen molar-refractivity contribution in [2.45, 2.75) is 25.8 Å². The first-order valence-electron chi connectivity index (χ1n) is 12.0. The van der Waals surface area contributed by atoms with Crippen molar-refractivity contribution in [1.82, 2.24) is 9.88 Å². The van der Waals surface area contributed by atoms with Gasteiger partial charge in [-0.3, -0.25) is 0 Å². The lowest BCUT2D eigenvalue weighted by Crippen LogP contribution is -2.44. The van der Waals surface area contributed by atoms with E-state index in [1.165, 1.54) is 11.3 Å². The van der Waals surface area contributed by atoms with Crippen LogP contribution < -0.4 is 15.0 Å². The van der Waals surface area contributed by atoms with E-state index in [4.69, 9.17) is 24.5 Å². The topological polar surface area (TPSA) is 115 Å². The fourth-order valence-corrected chi connectivity index (χ4v) is 4.19. The average Bonchev–Trinajstić information content (AvgIpc) is 3.30. The zero-order valence-electron chi connectivity index (χ0n) is 21.9. The van der Waals surface area contributed by atoms with E-state index < -0.39 is 24.3 Å². The normalized spacial score (nSPS) is 13.9. The van der Waals surface area contributed by atoms with Crippen LogP contribution in [0.5, 0.6) is 5.75 Å². The number of hydrogen-bond acceptors (Lipinski definition) is 8. The minimum atomic E-state index is -5.08. The van der Waals surface area contributed by atoms with Crippen LogP contribution in [-0.2, 0) is 16.1 Å². The number of likely N-dealkylation sites (N-methyl/N-ethyl adjacent to an activating group) is 1. The number of nitrogens with zero attached hydrogens (tertiary/aromatic N) is 3. The monoisotopic (exact) mass is 610 g/mol. The molecule has 0 radical (unpaired) electrons. The number of hydrogen-bond donors (Lipinski definition) is 3. The lowest BCUT2D eigenvalue weighted by atomic mass is 10.2. The molecule has 2 heterocycles. The van der Waals surface area contributed by atoms with E-state index >= 15 is 0 Å². The molecular weight excluding hydrogens is 582 g/mol. The van der Waals surface area contributed by atoms with Crippen LogP contribution in [0.2, 0.25) is 0 Å². The number of carboxylic acids is 2. The Labute approximate surface area is 235 Å². The van der Waals surface area contributed by atoms with Gasteiger partial charge in [0.15, 0.2) is 5.13 Å². The maximum absolute atomic E-state index is 10.6. The van der Waals surface area contributed by atoms with E-state index in [0.717, 1.165) is 53.8 Å². The number of carbonyl (C=O) groups is 2. The fraction of sp³-hybridized carbons (Fsp3) is 0.400. The molecule has 2 aromatic carbocycles. The first kappa shape index (κ1) is 33.4. The average molecular weight is 611 g/mol. The smallest absolute Gasteiger partial charge is 0.490 e. The summed E-state index contributed by atoms with van der Waals surface area (Å²) in [5.41, 5.74) is 3.59. The molecule has 0 unspecified atom stereocenters. The quantitative estimate of drug-likeness (QED) is 0.319. The van der Waals surface area contributed by atoms with Crippen LogP contribution in [0.15, 0.2) is 42.5 Å². The summed E-state index contributed by atoms with van der Waals surface area (Å²) in [6.45, 7) is 7.92. The van der Waals surface area contributed by atoms with Crippen molar-refractivity contribution in [3.05, 3.63) is 48.0 Å². The number of benzene rings is 2. The minimum absolute atomic E-state index is 0.680. The number of ether oxygens (including phenoxy) is 1. The zero-order chi connectivity index (χ0) is 30.8. The Hall–Kier alpha value is -3.79. The van der Waals surface area contributed by atoms with Crippen molar-refractivity contribution in [2.75, 3.05) is 50.1 Å². The van der Waals surface area contributed by atoms with Gasteiger partial charge in [0.2, 0.25) is 0 Å². The predicted octanol–water partition coefficient (Wildman–Crippen LogP) is 5.33. The van der Waals surface area contributed by atoms with Gasteiger partial charge in [0.1, 0.15) is 5.75 Å². The molecule has 1 fully saturated rings. The Morgan fingerprint density at radius 3 is 1.98 bits per heavy atom. The number of rotatable bonds is 6. The molecule has 0 amide bonds. The Kier molecular flexibility index (Phi) is 12.0. The first-order valence-corrected chi connectivity index (χ1v) is 12.8. The van der Waals surface area contributed by atoms with Crippen LogP contribution in [0.3, 0.4) is 0 Å². The van der Waals surface area contributed by atoms with Crippen LogP contribution in [-0.4, -0.2) is 84.2 Å². The largest absolute Gasteiger partial charge is 0.494 e. The van der Waals surface area contributed by atoms with E-state index in [0.29, 0.717) is 6.61 Å². The third kappa shape index (κ3) is 11.3. The van der Waals surface area contributed by atoms with E-state index in [1.54, 1.807) is 11.3 Å². The second-order valence-electron chi connectivity index (χ2n) is 8.50. The number of thiazole rings is 1. The number of aliphatic carboxylic acids is 2. The molecule has 0 aliphatic carbocycles. The summed E-state index contributed by atoms with van der Waals surface area (Å²) < 4.78 is 70.2. The molecule has 41 heavy (non-hydrogen) atoms. The van der Waals surface area contributed by atoms with E-state index in [9.17, 15) is 26.3 Å². The number of nitrogens with one attached hydrogen (secondary N) is 1. The summed E-state index contributed by atoms with van der Waals surface area (Å²) in [6, 6.07) is 14.9. The molecule has 4 rings (SSSR count). The molecule has 1 aromatic heterocycles. The van der Waals surface area contributed by atoms with Gasteiger partial charge in [-0.15, -0.1) is 0 Å². The first-order chi connectivity index (χ1) is 19.1. The van der Waals surface area contributed by atoms with Gasteiger partial charge in [-0.25, -0.2) is 14.6 Å². The molecule has 1 saturated heterocycles. The van der Waals surface area contributed by atoms with Crippen LogP contribution in [0.4, 0.5) is 37.2 Å². The van der Waals surface area contributed by atoms with Crippen molar-refractivity contribution in [1.29, 1.82) is 0 Å². The summed E-state index contributed by atoms with van der Waals surface area (Å²) >= 11 is 1.67. The number of anilines is 2. The Morgan fingerprint density at radius 2 is 1.49 bits per heavy atom. The highest BCUT2D eigenvalue weighted by molar-refractivity contribution is 7.22. The Balaban J connectivity index is 0.000000349. The fourth-order valence-electron chi connectivity index (χ4n) is 3.30. The third-order valence-electron chi connectivity index (χ3n) is 5.40. The van der Waals surface area contributed by atoms with Crippen molar-refractivity contribution in [2.24, 2.45) is 0 Å². The van der Waals surface area contributed by atoms with Crippen LogP contribution in [0.25, 0.3) is 10.2 Å². The van der Waals surface area contributed by atoms with Crippen molar-refractivity contribution >= 4 is 44.3 Å². The predicted molar refractivity (Wildman–Crippen MR) is 142 cm³/mol. The molecule has 1 aliphatic heterocycles. The van der Waals surface area contributed by atoms with Gasteiger partial charge in [0, 0.05) is 38.4 Å². The molecule has 3 aromatic rings. The van der Waals surface area contributed by atoms with E-state index in [1.807, 2.05) is 19.1 Å². The molecule has 226 valence electrons. The van der Waals surface area contributed by atoms with Gasteiger partial charge in [-0.1, -0.05) is 23.5 Å². The number of fused-ring (bicyclic) bond motifs is 1. The van der Waals surface area contributed by atoms with Crippen LogP contribution in [0, 0.1) is 0 Å². The number of aromatic nitrogens is 1. The maximum Gasteiger partial charge on any atom is 0.490 e.